The number of nitrogens with zero attached hydrogens (tertiary/aromatic N) is 3. The number of hydrogen-bond acceptors (Lipinski definition) is 5. The van der Waals surface area contributed by atoms with Crippen molar-refractivity contribution >= 4 is 22.6 Å². The first-order valence-corrected chi connectivity index (χ1v) is 9.89. The number of H-pyrrole nitrogens is 1. The van der Waals surface area contributed by atoms with Gasteiger partial charge in [-0.1, -0.05) is 12.1 Å². The second-order valence-corrected chi connectivity index (χ2v) is 7.47. The Kier molecular flexibility index (Phi) is 5.63. The van der Waals surface area contributed by atoms with Crippen LogP contribution in [0.5, 0.6) is 0 Å². The molecule has 0 saturated carbocycles. The second-order valence-electron chi connectivity index (χ2n) is 7.47. The summed E-state index contributed by atoms with van der Waals surface area (Å²) in [6.07, 6.45) is 2.78. The van der Waals surface area contributed by atoms with E-state index in [1.54, 1.807) is 25.4 Å². The van der Waals surface area contributed by atoms with Crippen molar-refractivity contribution < 1.29 is 9.18 Å². The van der Waals surface area contributed by atoms with Gasteiger partial charge in [0.05, 0.1) is 28.9 Å². The average Bonchev–Trinajstić information content (AvgIpc) is 3.25. The van der Waals surface area contributed by atoms with Gasteiger partial charge >= 0.3 is 0 Å². The summed E-state index contributed by atoms with van der Waals surface area (Å²) in [5.74, 6) is -0.262. The van der Waals surface area contributed by atoms with Crippen LogP contribution in [0.3, 0.4) is 0 Å². The third-order valence-electron chi connectivity index (χ3n) is 5.50. The molecule has 4 rings (SSSR count). The van der Waals surface area contributed by atoms with Crippen molar-refractivity contribution in [3.8, 4) is 6.07 Å². The number of amides is 1. The van der Waals surface area contributed by atoms with Gasteiger partial charge in [-0.3, -0.25) is 9.69 Å². The van der Waals surface area contributed by atoms with Gasteiger partial charge in [-0.2, -0.15) is 5.26 Å². The molecule has 0 spiro atoms. The van der Waals surface area contributed by atoms with Gasteiger partial charge in [-0.05, 0) is 30.2 Å². The Morgan fingerprint density at radius 3 is 2.87 bits per heavy atom. The van der Waals surface area contributed by atoms with E-state index < -0.39 is 12.2 Å². The lowest BCUT2D eigenvalue weighted by molar-refractivity contribution is 0.0962. The van der Waals surface area contributed by atoms with Gasteiger partial charge in [0.2, 0.25) is 0 Å². The van der Waals surface area contributed by atoms with Crippen molar-refractivity contribution in [3.63, 3.8) is 0 Å². The standard InChI is InChI=1S/C22H23FN6O/c1-25-22(30)17-11-27-21-16(6-8-26-21)20(17)28-19-7-9-29(13-18(19)23)12-15-4-2-14(10-24)3-5-15/h2-6,8,11,18-19H,7,9,12-13H2,1H3,(H,25,30)(H2,26,27,28)/t18-,19+/m0/s1. The van der Waals surface area contributed by atoms with E-state index >= 15 is 4.39 Å². The predicted molar refractivity (Wildman–Crippen MR) is 113 cm³/mol. The van der Waals surface area contributed by atoms with Crippen LogP contribution >= 0.6 is 0 Å². The number of halogens is 1. The number of pyridine rings is 1. The Morgan fingerprint density at radius 1 is 1.37 bits per heavy atom. The number of likely N-dealkylation sites (tertiary alicyclic amines) is 1. The number of nitriles is 1. The van der Waals surface area contributed by atoms with E-state index in [1.807, 2.05) is 18.2 Å². The van der Waals surface area contributed by atoms with Crippen molar-refractivity contribution in [3.05, 3.63) is 59.4 Å². The quantitative estimate of drug-likeness (QED) is 0.605. The number of fused-ring (bicyclic) bond motifs is 1. The smallest absolute Gasteiger partial charge is 0.254 e. The van der Waals surface area contributed by atoms with E-state index in [0.717, 1.165) is 17.5 Å². The number of hydrogen-bond donors (Lipinski definition) is 3. The van der Waals surface area contributed by atoms with Crippen LogP contribution in [0.25, 0.3) is 11.0 Å². The molecule has 1 fully saturated rings. The summed E-state index contributed by atoms with van der Waals surface area (Å²) in [6, 6.07) is 10.9. The van der Waals surface area contributed by atoms with Gasteiger partial charge in [-0.15, -0.1) is 0 Å². The molecule has 0 radical (unpaired) electrons. The molecule has 3 aromatic rings. The first kappa shape index (κ1) is 19.9. The van der Waals surface area contributed by atoms with Gasteiger partial charge in [0.15, 0.2) is 0 Å². The number of piperidine rings is 1. The average molecular weight is 406 g/mol. The minimum Gasteiger partial charge on any atom is -0.378 e. The van der Waals surface area contributed by atoms with Crippen molar-refractivity contribution in [2.45, 2.75) is 25.2 Å². The molecule has 154 valence electrons. The number of aromatic amines is 1. The molecular weight excluding hydrogens is 383 g/mol. The lowest BCUT2D eigenvalue weighted by Crippen LogP contribution is -2.47. The highest BCUT2D eigenvalue weighted by Crippen LogP contribution is 2.29. The van der Waals surface area contributed by atoms with Crippen LogP contribution in [0.4, 0.5) is 10.1 Å². The number of benzene rings is 1. The van der Waals surface area contributed by atoms with Crippen molar-refractivity contribution in [1.82, 2.24) is 20.2 Å². The number of carbonyl (C=O) groups is 1. The fraction of sp³-hybridized carbons (Fsp3) is 0.318. The highest BCUT2D eigenvalue weighted by Gasteiger charge is 2.30. The highest BCUT2D eigenvalue weighted by atomic mass is 19.1. The zero-order valence-corrected chi connectivity index (χ0v) is 16.7. The molecule has 1 amide bonds. The summed E-state index contributed by atoms with van der Waals surface area (Å²) in [6.45, 7) is 1.67. The number of anilines is 1. The Morgan fingerprint density at radius 2 is 2.17 bits per heavy atom. The zero-order valence-electron chi connectivity index (χ0n) is 16.7. The highest BCUT2D eigenvalue weighted by molar-refractivity contribution is 6.06. The predicted octanol–water partition coefficient (Wildman–Crippen LogP) is 2.82. The molecule has 30 heavy (non-hydrogen) atoms. The molecule has 0 aliphatic carbocycles. The van der Waals surface area contributed by atoms with Crippen LogP contribution in [-0.4, -0.2) is 53.1 Å². The molecule has 2 atom stereocenters. The summed E-state index contributed by atoms with van der Waals surface area (Å²) in [4.78, 5) is 21.7. The molecule has 8 heteroatoms. The monoisotopic (exact) mass is 406 g/mol. The number of nitrogens with one attached hydrogen (secondary N) is 3. The minimum absolute atomic E-state index is 0.262. The van der Waals surface area contributed by atoms with Gasteiger partial charge in [0.25, 0.3) is 5.91 Å². The van der Waals surface area contributed by atoms with Crippen LogP contribution in [-0.2, 0) is 6.54 Å². The Hall–Kier alpha value is -3.44. The molecule has 0 bridgehead atoms. The molecule has 7 nitrogen and oxygen atoms in total. The topological polar surface area (TPSA) is 96.8 Å². The van der Waals surface area contributed by atoms with Crippen LogP contribution in [0, 0.1) is 11.3 Å². The van der Waals surface area contributed by atoms with Crippen LogP contribution in [0.15, 0.2) is 42.7 Å². The largest absolute Gasteiger partial charge is 0.378 e. The van der Waals surface area contributed by atoms with Crippen LogP contribution in [0.1, 0.15) is 27.9 Å². The number of carbonyl (C=O) groups excluding carboxylic acids is 1. The summed E-state index contributed by atoms with van der Waals surface area (Å²) in [7, 11) is 1.56. The molecule has 1 aliphatic rings. The van der Waals surface area contributed by atoms with E-state index in [-0.39, 0.29) is 5.91 Å². The van der Waals surface area contributed by atoms with Crippen LogP contribution < -0.4 is 10.6 Å². The van der Waals surface area contributed by atoms with Crippen LogP contribution in [0.2, 0.25) is 0 Å². The lowest BCUT2D eigenvalue weighted by atomic mass is 10.0. The van der Waals surface area contributed by atoms with Crippen molar-refractivity contribution in [2.24, 2.45) is 0 Å². The lowest BCUT2D eigenvalue weighted by Gasteiger charge is -2.36. The Balaban J connectivity index is 1.47. The number of aromatic nitrogens is 2. The van der Waals surface area contributed by atoms with Crippen molar-refractivity contribution in [1.29, 1.82) is 5.26 Å². The third-order valence-corrected chi connectivity index (χ3v) is 5.50. The fourth-order valence-electron chi connectivity index (χ4n) is 3.87. The molecule has 2 aromatic heterocycles. The minimum atomic E-state index is -1.09. The maximum absolute atomic E-state index is 15.1. The molecule has 3 N–H and O–H groups in total. The summed E-state index contributed by atoms with van der Waals surface area (Å²) in [5.41, 5.74) is 3.33. The summed E-state index contributed by atoms with van der Waals surface area (Å²) >= 11 is 0. The maximum atomic E-state index is 15.1. The normalized spacial score (nSPS) is 19.4. The van der Waals surface area contributed by atoms with E-state index in [1.165, 1.54) is 6.20 Å². The van der Waals surface area contributed by atoms with E-state index in [4.69, 9.17) is 5.26 Å². The SMILES string of the molecule is CNC(=O)c1cnc2[nH]ccc2c1N[C@@H]1CCN(Cc2ccc(C#N)cc2)C[C@@H]1F. The molecule has 0 unspecified atom stereocenters. The van der Waals surface area contributed by atoms with Crippen molar-refractivity contribution in [2.75, 3.05) is 25.5 Å². The number of alkyl halides is 1. The summed E-state index contributed by atoms with van der Waals surface area (Å²) in [5, 5.41) is 15.6. The first-order chi connectivity index (χ1) is 14.6. The second kappa shape index (κ2) is 8.51. The van der Waals surface area contributed by atoms with Gasteiger partial charge in [0, 0.05) is 44.5 Å². The number of rotatable bonds is 5. The molecule has 1 aromatic carbocycles. The van der Waals surface area contributed by atoms with E-state index in [0.29, 0.717) is 42.0 Å². The maximum Gasteiger partial charge on any atom is 0.254 e. The molecule has 3 heterocycles. The first-order valence-electron chi connectivity index (χ1n) is 9.89. The van der Waals surface area contributed by atoms with Gasteiger partial charge < -0.3 is 15.6 Å². The molecule has 1 aliphatic heterocycles. The van der Waals surface area contributed by atoms with E-state index in [9.17, 15) is 4.79 Å². The zero-order chi connectivity index (χ0) is 21.1. The summed E-state index contributed by atoms with van der Waals surface area (Å²) < 4.78 is 15.1. The molecular formula is C22H23FN6O. The molecule has 1 saturated heterocycles. The van der Waals surface area contributed by atoms with Gasteiger partial charge in [0.1, 0.15) is 11.8 Å². The van der Waals surface area contributed by atoms with E-state index in [2.05, 4.69) is 31.6 Å². The fourth-order valence-corrected chi connectivity index (χ4v) is 3.87. The Bertz CT molecular complexity index is 1090. The third kappa shape index (κ3) is 3.98. The Labute approximate surface area is 173 Å². The van der Waals surface area contributed by atoms with Gasteiger partial charge in [-0.25, -0.2) is 9.37 Å².